The fourth-order valence-electron chi connectivity index (χ4n) is 4.83. The molecule has 0 saturated heterocycles. The molecule has 32 heavy (non-hydrogen) atoms. The molecule has 0 N–H and O–H groups in total. The monoisotopic (exact) mass is 448 g/mol. The minimum absolute atomic E-state index is 0.148. The third-order valence-corrected chi connectivity index (χ3v) is 6.43. The molecule has 0 bridgehead atoms. The number of halogens is 5. The third kappa shape index (κ3) is 5.05. The van der Waals surface area contributed by atoms with Gasteiger partial charge in [-0.1, -0.05) is 50.1 Å². The lowest BCUT2D eigenvalue weighted by Gasteiger charge is -2.28. The molecule has 1 aliphatic rings. The standard InChI is InChI=1S/C26H25F5O/c1-2-3-16-4-6-17(7-5-16)18-8-9-20-13-21(11-10-19(20)12-18)22-14-23(27)25(24(28)15-22)32-26(29,30)31/h8-17H,2-7H2,1H3. The highest BCUT2D eigenvalue weighted by Gasteiger charge is 2.34. The van der Waals surface area contributed by atoms with E-state index in [0.717, 1.165) is 28.8 Å². The van der Waals surface area contributed by atoms with Crippen LogP contribution in [0, 0.1) is 17.6 Å². The lowest BCUT2D eigenvalue weighted by atomic mass is 9.77. The second-order valence-corrected chi connectivity index (χ2v) is 8.64. The van der Waals surface area contributed by atoms with Crippen LogP contribution in [0.4, 0.5) is 22.0 Å². The van der Waals surface area contributed by atoms with Gasteiger partial charge < -0.3 is 4.74 Å². The molecule has 1 fully saturated rings. The largest absolute Gasteiger partial charge is 0.573 e. The number of benzene rings is 3. The number of hydrogen-bond acceptors (Lipinski definition) is 1. The molecular weight excluding hydrogens is 423 g/mol. The molecule has 6 heteroatoms. The van der Waals surface area contributed by atoms with Crippen LogP contribution in [0.3, 0.4) is 0 Å². The predicted molar refractivity (Wildman–Crippen MR) is 116 cm³/mol. The summed E-state index contributed by atoms with van der Waals surface area (Å²) in [7, 11) is 0. The Hall–Kier alpha value is -2.63. The highest BCUT2D eigenvalue weighted by molar-refractivity contribution is 5.88. The summed E-state index contributed by atoms with van der Waals surface area (Å²) < 4.78 is 68.8. The van der Waals surface area contributed by atoms with Gasteiger partial charge in [0.15, 0.2) is 11.6 Å². The molecule has 1 aliphatic carbocycles. The van der Waals surface area contributed by atoms with E-state index in [1.807, 2.05) is 12.1 Å². The van der Waals surface area contributed by atoms with Gasteiger partial charge in [0.25, 0.3) is 0 Å². The molecule has 4 rings (SSSR count). The molecule has 0 heterocycles. The second-order valence-electron chi connectivity index (χ2n) is 8.64. The molecule has 170 valence electrons. The van der Waals surface area contributed by atoms with E-state index in [9.17, 15) is 22.0 Å². The van der Waals surface area contributed by atoms with Crippen molar-refractivity contribution in [2.24, 2.45) is 5.92 Å². The molecule has 0 unspecified atom stereocenters. The van der Waals surface area contributed by atoms with Crippen molar-refractivity contribution < 1.29 is 26.7 Å². The zero-order valence-corrected chi connectivity index (χ0v) is 17.8. The van der Waals surface area contributed by atoms with E-state index in [-0.39, 0.29) is 5.56 Å². The molecule has 1 nitrogen and oxygen atoms in total. The van der Waals surface area contributed by atoms with Gasteiger partial charge in [0, 0.05) is 0 Å². The van der Waals surface area contributed by atoms with E-state index >= 15 is 0 Å². The van der Waals surface area contributed by atoms with Gasteiger partial charge >= 0.3 is 6.36 Å². The zero-order chi connectivity index (χ0) is 22.9. The summed E-state index contributed by atoms with van der Waals surface area (Å²) in [6.45, 7) is 2.23. The lowest BCUT2D eigenvalue weighted by molar-refractivity contribution is -0.276. The van der Waals surface area contributed by atoms with Crippen molar-refractivity contribution in [1.29, 1.82) is 0 Å². The summed E-state index contributed by atoms with van der Waals surface area (Å²) in [5.41, 5.74) is 1.97. The van der Waals surface area contributed by atoms with Gasteiger partial charge in [-0.2, -0.15) is 0 Å². The maximum atomic E-state index is 14.1. The Bertz CT molecular complexity index is 1070. The van der Waals surface area contributed by atoms with Crippen LogP contribution in [0.15, 0.2) is 48.5 Å². The highest BCUT2D eigenvalue weighted by Crippen LogP contribution is 2.39. The Morgan fingerprint density at radius 1 is 0.812 bits per heavy atom. The number of alkyl halides is 3. The second kappa shape index (κ2) is 9.08. The van der Waals surface area contributed by atoms with Crippen LogP contribution < -0.4 is 4.74 Å². The average molecular weight is 448 g/mol. The normalized spacial score (nSPS) is 19.3. The van der Waals surface area contributed by atoms with E-state index in [1.54, 1.807) is 12.1 Å². The molecule has 0 aromatic heterocycles. The first-order valence-electron chi connectivity index (χ1n) is 11.0. The van der Waals surface area contributed by atoms with Crippen LogP contribution in [0.2, 0.25) is 0 Å². The first-order chi connectivity index (χ1) is 15.2. The summed E-state index contributed by atoms with van der Waals surface area (Å²) >= 11 is 0. The summed E-state index contributed by atoms with van der Waals surface area (Å²) in [5, 5.41) is 1.93. The lowest BCUT2D eigenvalue weighted by Crippen LogP contribution is -2.19. The van der Waals surface area contributed by atoms with E-state index in [1.165, 1.54) is 44.1 Å². The quantitative estimate of drug-likeness (QED) is 0.355. The fourth-order valence-corrected chi connectivity index (χ4v) is 4.83. The molecule has 0 amide bonds. The van der Waals surface area contributed by atoms with Crippen molar-refractivity contribution >= 4 is 10.8 Å². The van der Waals surface area contributed by atoms with Crippen LogP contribution in [0.1, 0.15) is 56.9 Å². The minimum atomic E-state index is -5.17. The summed E-state index contributed by atoms with van der Waals surface area (Å²) in [6.07, 6.45) is 2.29. The first-order valence-corrected chi connectivity index (χ1v) is 11.0. The number of ether oxygens (including phenoxy) is 1. The SMILES string of the molecule is CCCC1CCC(c2ccc3cc(-c4cc(F)c(OC(F)(F)F)c(F)c4)ccc3c2)CC1. The Kier molecular flexibility index (Phi) is 6.40. The molecule has 3 aromatic carbocycles. The van der Waals surface area contributed by atoms with Crippen LogP contribution in [-0.2, 0) is 0 Å². The molecule has 0 aliphatic heterocycles. The summed E-state index contributed by atoms with van der Waals surface area (Å²) in [5.74, 6) is -2.84. The Morgan fingerprint density at radius 2 is 1.44 bits per heavy atom. The van der Waals surface area contributed by atoms with E-state index in [0.29, 0.717) is 11.5 Å². The summed E-state index contributed by atoms with van der Waals surface area (Å²) in [4.78, 5) is 0. The van der Waals surface area contributed by atoms with Crippen molar-refractivity contribution in [3.8, 4) is 16.9 Å². The topological polar surface area (TPSA) is 9.23 Å². The highest BCUT2D eigenvalue weighted by atomic mass is 19.4. The summed E-state index contributed by atoms with van der Waals surface area (Å²) in [6, 6.07) is 13.4. The van der Waals surface area contributed by atoms with E-state index in [4.69, 9.17) is 0 Å². The fraction of sp³-hybridized carbons (Fsp3) is 0.385. The van der Waals surface area contributed by atoms with Crippen LogP contribution in [0.5, 0.6) is 5.75 Å². The average Bonchev–Trinajstić information content (AvgIpc) is 2.75. The molecule has 0 radical (unpaired) electrons. The maximum absolute atomic E-state index is 14.1. The Balaban J connectivity index is 1.56. The minimum Gasteiger partial charge on any atom is -0.399 e. The van der Waals surface area contributed by atoms with Crippen molar-refractivity contribution in [2.45, 2.75) is 57.7 Å². The molecule has 0 spiro atoms. The smallest absolute Gasteiger partial charge is 0.399 e. The predicted octanol–water partition coefficient (Wildman–Crippen LogP) is 8.76. The number of fused-ring (bicyclic) bond motifs is 1. The van der Waals surface area contributed by atoms with E-state index in [2.05, 4.69) is 23.8 Å². The van der Waals surface area contributed by atoms with Gasteiger partial charge in [-0.25, -0.2) is 8.78 Å². The third-order valence-electron chi connectivity index (χ3n) is 6.43. The molecule has 3 aromatic rings. The Morgan fingerprint density at radius 3 is 2.06 bits per heavy atom. The van der Waals surface area contributed by atoms with Crippen molar-refractivity contribution in [1.82, 2.24) is 0 Å². The van der Waals surface area contributed by atoms with E-state index < -0.39 is 23.7 Å². The van der Waals surface area contributed by atoms with Crippen molar-refractivity contribution in [2.75, 3.05) is 0 Å². The Labute approximate surface area is 184 Å². The van der Waals surface area contributed by atoms with Crippen LogP contribution in [0.25, 0.3) is 21.9 Å². The van der Waals surface area contributed by atoms with Crippen molar-refractivity contribution in [3.63, 3.8) is 0 Å². The first kappa shape index (κ1) is 22.6. The maximum Gasteiger partial charge on any atom is 0.573 e. The van der Waals surface area contributed by atoms with Gasteiger partial charge in [-0.15, -0.1) is 13.2 Å². The van der Waals surface area contributed by atoms with Crippen molar-refractivity contribution in [3.05, 3.63) is 65.7 Å². The van der Waals surface area contributed by atoms with Gasteiger partial charge in [0.2, 0.25) is 5.75 Å². The van der Waals surface area contributed by atoms with Gasteiger partial charge in [-0.3, -0.25) is 0 Å². The van der Waals surface area contributed by atoms with Gasteiger partial charge in [0.1, 0.15) is 0 Å². The van der Waals surface area contributed by atoms with Crippen LogP contribution in [-0.4, -0.2) is 6.36 Å². The number of rotatable bonds is 5. The van der Waals surface area contributed by atoms with Gasteiger partial charge in [0.05, 0.1) is 0 Å². The van der Waals surface area contributed by atoms with Gasteiger partial charge in [-0.05, 0) is 83.2 Å². The molecular formula is C26H25F5O. The van der Waals surface area contributed by atoms with Crippen LogP contribution >= 0.6 is 0 Å². The molecule has 1 saturated carbocycles. The molecule has 0 atom stereocenters. The zero-order valence-electron chi connectivity index (χ0n) is 17.8. The number of hydrogen-bond donors (Lipinski definition) is 0.